The van der Waals surface area contributed by atoms with Crippen LogP contribution >= 0.6 is 0 Å². The summed E-state index contributed by atoms with van der Waals surface area (Å²) in [5.74, 6) is -0.922. The van der Waals surface area contributed by atoms with Gasteiger partial charge >= 0.3 is 12.0 Å². The van der Waals surface area contributed by atoms with E-state index in [1.165, 1.54) is 0 Å². The Morgan fingerprint density at radius 1 is 1.39 bits per heavy atom. The molecule has 2 N–H and O–H groups in total. The third-order valence-electron chi connectivity index (χ3n) is 3.10. The predicted molar refractivity (Wildman–Crippen MR) is 66.5 cm³/mol. The van der Waals surface area contributed by atoms with Gasteiger partial charge in [-0.25, -0.2) is 4.79 Å². The highest BCUT2D eigenvalue weighted by Gasteiger charge is 2.28. The molecule has 0 aromatic rings. The van der Waals surface area contributed by atoms with Gasteiger partial charge in [-0.15, -0.1) is 0 Å². The molecule has 0 spiro atoms. The first-order valence-electron chi connectivity index (χ1n) is 6.16. The van der Waals surface area contributed by atoms with Crippen molar-refractivity contribution in [1.29, 1.82) is 0 Å². The number of hydrogen-bond acceptors (Lipinski definition) is 3. The first-order valence-corrected chi connectivity index (χ1v) is 6.16. The van der Waals surface area contributed by atoms with Crippen LogP contribution < -0.4 is 5.32 Å². The summed E-state index contributed by atoms with van der Waals surface area (Å²) >= 11 is 0. The number of amides is 2. The summed E-state index contributed by atoms with van der Waals surface area (Å²) < 4.78 is 5.25. The van der Waals surface area contributed by atoms with E-state index in [1.54, 1.807) is 25.8 Å². The molecule has 6 heteroatoms. The topological polar surface area (TPSA) is 78.9 Å². The van der Waals surface area contributed by atoms with Crippen molar-refractivity contribution in [2.24, 2.45) is 0 Å². The second kappa shape index (κ2) is 6.04. The fraction of sp³-hybridized carbons (Fsp3) is 0.833. The average molecular weight is 258 g/mol. The molecule has 1 aliphatic heterocycles. The van der Waals surface area contributed by atoms with E-state index < -0.39 is 11.5 Å². The van der Waals surface area contributed by atoms with Gasteiger partial charge in [-0.3, -0.25) is 4.79 Å². The molecule has 0 radical (unpaired) electrons. The third kappa shape index (κ3) is 4.52. The summed E-state index contributed by atoms with van der Waals surface area (Å²) in [4.78, 5) is 24.4. The molecule has 1 fully saturated rings. The monoisotopic (exact) mass is 258 g/mol. The highest BCUT2D eigenvalue weighted by Crippen LogP contribution is 2.15. The maximum Gasteiger partial charge on any atom is 0.317 e. The molecule has 1 saturated heterocycles. The molecule has 1 rings (SSSR count). The van der Waals surface area contributed by atoms with Crippen LogP contribution in [-0.4, -0.2) is 53.8 Å². The zero-order valence-electron chi connectivity index (χ0n) is 11.2. The Kier molecular flexibility index (Phi) is 4.95. The van der Waals surface area contributed by atoms with Gasteiger partial charge in [0, 0.05) is 31.8 Å². The lowest BCUT2D eigenvalue weighted by molar-refractivity contribution is -0.138. The minimum Gasteiger partial charge on any atom is -0.481 e. The smallest absolute Gasteiger partial charge is 0.317 e. The van der Waals surface area contributed by atoms with E-state index >= 15 is 0 Å². The van der Waals surface area contributed by atoms with E-state index in [4.69, 9.17) is 9.84 Å². The number of hydrogen-bond donors (Lipinski definition) is 2. The van der Waals surface area contributed by atoms with Crippen molar-refractivity contribution in [1.82, 2.24) is 10.2 Å². The molecule has 0 aliphatic carbocycles. The van der Waals surface area contributed by atoms with Crippen LogP contribution in [0.25, 0.3) is 0 Å². The first-order chi connectivity index (χ1) is 8.32. The Morgan fingerprint density at radius 3 is 2.44 bits per heavy atom. The van der Waals surface area contributed by atoms with Crippen LogP contribution in [0.2, 0.25) is 0 Å². The molecular formula is C12H22N2O4. The molecule has 0 unspecified atom stereocenters. The van der Waals surface area contributed by atoms with Crippen molar-refractivity contribution in [3.63, 3.8) is 0 Å². The van der Waals surface area contributed by atoms with E-state index in [-0.39, 0.29) is 18.5 Å². The molecule has 2 amide bonds. The van der Waals surface area contributed by atoms with E-state index in [0.717, 1.165) is 12.8 Å². The molecule has 0 saturated carbocycles. The summed E-state index contributed by atoms with van der Waals surface area (Å²) in [7, 11) is 1.74. The van der Waals surface area contributed by atoms with Gasteiger partial charge in [0.05, 0.1) is 6.42 Å². The lowest BCUT2D eigenvalue weighted by Gasteiger charge is -2.34. The molecule has 0 aromatic carbocycles. The van der Waals surface area contributed by atoms with E-state index in [1.807, 2.05) is 0 Å². The Bertz CT molecular complexity index is 311. The largest absolute Gasteiger partial charge is 0.481 e. The zero-order valence-corrected chi connectivity index (χ0v) is 11.2. The molecule has 0 bridgehead atoms. The number of nitrogens with one attached hydrogen (secondary N) is 1. The number of rotatable bonds is 4. The predicted octanol–water partition coefficient (Wildman–Crippen LogP) is 1.06. The zero-order chi connectivity index (χ0) is 13.8. The van der Waals surface area contributed by atoms with Crippen LogP contribution in [0.3, 0.4) is 0 Å². The van der Waals surface area contributed by atoms with Gasteiger partial charge in [0.25, 0.3) is 0 Å². The molecule has 1 heterocycles. The van der Waals surface area contributed by atoms with E-state index in [9.17, 15) is 9.59 Å². The van der Waals surface area contributed by atoms with Gasteiger partial charge in [0.2, 0.25) is 0 Å². The number of carboxylic acids is 1. The second-order valence-electron chi connectivity index (χ2n) is 5.34. The fourth-order valence-electron chi connectivity index (χ4n) is 2.04. The number of carbonyl (C=O) groups excluding carboxylic acids is 1. The third-order valence-corrected chi connectivity index (χ3v) is 3.10. The maximum absolute atomic E-state index is 12.0. The molecule has 6 nitrogen and oxygen atoms in total. The SMILES string of the molecule is CN(C(=O)NC(C)(C)CC(=O)O)C1CCOCC1. The summed E-state index contributed by atoms with van der Waals surface area (Å²) in [6.45, 7) is 4.75. The number of urea groups is 1. The minimum atomic E-state index is -0.922. The number of carbonyl (C=O) groups is 2. The van der Waals surface area contributed by atoms with Gasteiger partial charge in [0.1, 0.15) is 0 Å². The first kappa shape index (κ1) is 14.8. The van der Waals surface area contributed by atoms with Gasteiger partial charge in [-0.2, -0.15) is 0 Å². The number of carboxylic acid groups (broad SMARTS) is 1. The van der Waals surface area contributed by atoms with Crippen LogP contribution in [0, 0.1) is 0 Å². The van der Waals surface area contributed by atoms with Crippen LogP contribution in [0.1, 0.15) is 33.1 Å². The number of ether oxygens (including phenoxy) is 1. The molecular weight excluding hydrogens is 236 g/mol. The second-order valence-corrected chi connectivity index (χ2v) is 5.34. The van der Waals surface area contributed by atoms with Gasteiger partial charge in [-0.05, 0) is 26.7 Å². The van der Waals surface area contributed by atoms with Crippen molar-refractivity contribution in [3.8, 4) is 0 Å². The van der Waals surface area contributed by atoms with Crippen molar-refractivity contribution in [2.75, 3.05) is 20.3 Å². The molecule has 1 aliphatic rings. The van der Waals surface area contributed by atoms with Gasteiger partial charge < -0.3 is 20.1 Å². The fourth-order valence-corrected chi connectivity index (χ4v) is 2.04. The quantitative estimate of drug-likeness (QED) is 0.790. The summed E-state index contributed by atoms with van der Waals surface area (Å²) in [5.41, 5.74) is -0.748. The molecule has 104 valence electrons. The number of nitrogens with zero attached hydrogens (tertiary/aromatic N) is 1. The average Bonchev–Trinajstić information content (AvgIpc) is 2.26. The van der Waals surface area contributed by atoms with Crippen molar-refractivity contribution >= 4 is 12.0 Å². The van der Waals surface area contributed by atoms with Gasteiger partial charge in [-0.1, -0.05) is 0 Å². The van der Waals surface area contributed by atoms with E-state index in [0.29, 0.717) is 13.2 Å². The standard InChI is InChI=1S/C12H22N2O4/c1-12(2,8-10(15)16)13-11(17)14(3)9-4-6-18-7-5-9/h9H,4-8H2,1-3H3,(H,13,17)(H,15,16). The Morgan fingerprint density at radius 2 is 1.94 bits per heavy atom. The van der Waals surface area contributed by atoms with Crippen LogP contribution in [0.4, 0.5) is 4.79 Å². The summed E-state index contributed by atoms with van der Waals surface area (Å²) in [6.07, 6.45) is 1.55. The summed E-state index contributed by atoms with van der Waals surface area (Å²) in [6, 6.07) is -0.0625. The lowest BCUT2D eigenvalue weighted by Crippen LogP contribution is -2.53. The Balaban J connectivity index is 2.50. The van der Waals surface area contributed by atoms with Crippen LogP contribution in [0.5, 0.6) is 0 Å². The Hall–Kier alpha value is -1.30. The summed E-state index contributed by atoms with van der Waals surface area (Å²) in [5, 5.41) is 11.5. The van der Waals surface area contributed by atoms with Crippen molar-refractivity contribution in [2.45, 2.75) is 44.7 Å². The minimum absolute atomic E-state index is 0.0969. The van der Waals surface area contributed by atoms with Crippen molar-refractivity contribution < 1.29 is 19.4 Å². The van der Waals surface area contributed by atoms with Crippen molar-refractivity contribution in [3.05, 3.63) is 0 Å². The molecule has 18 heavy (non-hydrogen) atoms. The van der Waals surface area contributed by atoms with Crippen LogP contribution in [0.15, 0.2) is 0 Å². The molecule has 0 atom stereocenters. The van der Waals surface area contributed by atoms with Crippen LogP contribution in [-0.2, 0) is 9.53 Å². The lowest BCUT2D eigenvalue weighted by atomic mass is 10.0. The molecule has 0 aromatic heterocycles. The normalized spacial score (nSPS) is 17.3. The maximum atomic E-state index is 12.0. The van der Waals surface area contributed by atoms with E-state index in [2.05, 4.69) is 5.32 Å². The highest BCUT2D eigenvalue weighted by molar-refractivity contribution is 5.76. The Labute approximate surface area is 107 Å². The highest BCUT2D eigenvalue weighted by atomic mass is 16.5. The van der Waals surface area contributed by atoms with Gasteiger partial charge in [0.15, 0.2) is 0 Å². The number of aliphatic carboxylic acids is 1.